The summed E-state index contributed by atoms with van der Waals surface area (Å²) in [6, 6.07) is 0.494. The van der Waals surface area contributed by atoms with Crippen LogP contribution in [0.15, 0.2) is 0 Å². The molecule has 0 aromatic carbocycles. The zero-order valence-electron chi connectivity index (χ0n) is 8.67. The zero-order valence-corrected chi connectivity index (χ0v) is 8.67. The Morgan fingerprint density at radius 1 is 1.46 bits per heavy atom. The quantitative estimate of drug-likeness (QED) is 0.563. The van der Waals surface area contributed by atoms with Gasteiger partial charge in [0.25, 0.3) is 0 Å². The van der Waals surface area contributed by atoms with Crippen LogP contribution < -0.4 is 11.1 Å². The SMILES string of the molecule is CC(C)NCCCOC(C)C(N)=O. The molecule has 0 saturated carbocycles. The van der Waals surface area contributed by atoms with Crippen molar-refractivity contribution in [3.8, 4) is 0 Å². The van der Waals surface area contributed by atoms with Gasteiger partial charge in [-0.1, -0.05) is 13.8 Å². The molecule has 0 spiro atoms. The Hall–Kier alpha value is -0.610. The Morgan fingerprint density at radius 3 is 2.54 bits per heavy atom. The van der Waals surface area contributed by atoms with Crippen molar-refractivity contribution in [3.05, 3.63) is 0 Å². The Bertz CT molecular complexity index is 149. The van der Waals surface area contributed by atoms with E-state index in [0.717, 1.165) is 13.0 Å². The average molecular weight is 188 g/mol. The van der Waals surface area contributed by atoms with Crippen molar-refractivity contribution in [1.82, 2.24) is 5.32 Å². The van der Waals surface area contributed by atoms with E-state index >= 15 is 0 Å². The largest absolute Gasteiger partial charge is 0.369 e. The highest BCUT2D eigenvalue weighted by atomic mass is 16.5. The Morgan fingerprint density at radius 2 is 2.08 bits per heavy atom. The minimum Gasteiger partial charge on any atom is -0.369 e. The van der Waals surface area contributed by atoms with Crippen LogP contribution in [0.25, 0.3) is 0 Å². The van der Waals surface area contributed by atoms with Crippen molar-refractivity contribution in [1.29, 1.82) is 0 Å². The van der Waals surface area contributed by atoms with Crippen molar-refractivity contribution >= 4 is 5.91 Å². The summed E-state index contributed by atoms with van der Waals surface area (Å²) in [5.41, 5.74) is 5.02. The monoisotopic (exact) mass is 188 g/mol. The van der Waals surface area contributed by atoms with Crippen LogP contribution in [-0.2, 0) is 9.53 Å². The van der Waals surface area contributed by atoms with Crippen LogP contribution in [0.3, 0.4) is 0 Å². The van der Waals surface area contributed by atoms with Crippen LogP contribution in [0.5, 0.6) is 0 Å². The van der Waals surface area contributed by atoms with Gasteiger partial charge in [-0.2, -0.15) is 0 Å². The number of nitrogens with one attached hydrogen (secondary N) is 1. The number of rotatable bonds is 7. The van der Waals surface area contributed by atoms with Gasteiger partial charge in [-0.05, 0) is 19.9 Å². The van der Waals surface area contributed by atoms with E-state index in [0.29, 0.717) is 12.6 Å². The molecule has 0 saturated heterocycles. The predicted molar refractivity (Wildman–Crippen MR) is 52.4 cm³/mol. The molecule has 4 nitrogen and oxygen atoms in total. The molecule has 1 atom stereocenters. The van der Waals surface area contributed by atoms with Crippen LogP contribution >= 0.6 is 0 Å². The molecule has 3 N–H and O–H groups in total. The van der Waals surface area contributed by atoms with Gasteiger partial charge in [0.15, 0.2) is 0 Å². The molecular formula is C9H20N2O2. The van der Waals surface area contributed by atoms with E-state index in [9.17, 15) is 4.79 Å². The highest BCUT2D eigenvalue weighted by Crippen LogP contribution is 1.90. The summed E-state index contributed by atoms with van der Waals surface area (Å²) in [5, 5.41) is 3.25. The Labute approximate surface area is 79.8 Å². The molecule has 1 unspecified atom stereocenters. The van der Waals surface area contributed by atoms with E-state index in [-0.39, 0.29) is 0 Å². The van der Waals surface area contributed by atoms with Crippen LogP contribution in [0.2, 0.25) is 0 Å². The summed E-state index contributed by atoms with van der Waals surface area (Å²) in [6.45, 7) is 7.32. The van der Waals surface area contributed by atoms with Crippen LogP contribution in [-0.4, -0.2) is 31.2 Å². The standard InChI is InChI=1S/C9H20N2O2/c1-7(2)11-5-4-6-13-8(3)9(10)12/h7-8,11H,4-6H2,1-3H3,(H2,10,12). The lowest BCUT2D eigenvalue weighted by Crippen LogP contribution is -2.30. The molecule has 0 aliphatic carbocycles. The zero-order chi connectivity index (χ0) is 10.3. The molecule has 0 aromatic heterocycles. The molecule has 0 bridgehead atoms. The first-order valence-corrected chi connectivity index (χ1v) is 4.68. The molecule has 0 rings (SSSR count). The predicted octanol–water partition coefficient (Wildman–Crippen LogP) is 0.265. The number of amides is 1. The van der Waals surface area contributed by atoms with Crippen molar-refractivity contribution in [2.24, 2.45) is 5.73 Å². The second kappa shape index (κ2) is 6.86. The molecular weight excluding hydrogens is 168 g/mol. The molecule has 0 fully saturated rings. The molecule has 0 aliphatic heterocycles. The normalized spacial score (nSPS) is 13.2. The fourth-order valence-corrected chi connectivity index (χ4v) is 0.805. The topological polar surface area (TPSA) is 64.3 Å². The van der Waals surface area contributed by atoms with Gasteiger partial charge >= 0.3 is 0 Å². The minimum absolute atomic E-state index is 0.406. The summed E-state index contributed by atoms with van der Waals surface area (Å²) >= 11 is 0. The summed E-state index contributed by atoms with van der Waals surface area (Å²) in [5.74, 6) is -0.406. The lowest BCUT2D eigenvalue weighted by molar-refractivity contribution is -0.128. The van der Waals surface area contributed by atoms with Gasteiger partial charge < -0.3 is 15.8 Å². The van der Waals surface area contributed by atoms with Crippen LogP contribution in [0.4, 0.5) is 0 Å². The van der Waals surface area contributed by atoms with E-state index < -0.39 is 12.0 Å². The van der Waals surface area contributed by atoms with E-state index in [1.165, 1.54) is 0 Å². The Balaban J connectivity index is 3.21. The maximum absolute atomic E-state index is 10.6. The second-order valence-electron chi connectivity index (χ2n) is 3.38. The van der Waals surface area contributed by atoms with Gasteiger partial charge in [-0.15, -0.1) is 0 Å². The number of hydrogen-bond acceptors (Lipinski definition) is 3. The minimum atomic E-state index is -0.473. The highest BCUT2D eigenvalue weighted by Gasteiger charge is 2.07. The molecule has 0 heterocycles. The summed E-state index contributed by atoms with van der Waals surface area (Å²) in [7, 11) is 0. The highest BCUT2D eigenvalue weighted by molar-refractivity contribution is 5.78. The maximum Gasteiger partial charge on any atom is 0.246 e. The summed E-state index contributed by atoms with van der Waals surface area (Å²) in [4.78, 5) is 10.6. The van der Waals surface area contributed by atoms with Gasteiger partial charge in [0.2, 0.25) is 5.91 Å². The fraction of sp³-hybridized carbons (Fsp3) is 0.889. The van der Waals surface area contributed by atoms with E-state index in [2.05, 4.69) is 19.2 Å². The van der Waals surface area contributed by atoms with Crippen molar-refractivity contribution in [2.45, 2.75) is 39.3 Å². The van der Waals surface area contributed by atoms with Crippen molar-refractivity contribution < 1.29 is 9.53 Å². The third kappa shape index (κ3) is 7.74. The van der Waals surface area contributed by atoms with Gasteiger partial charge in [0.1, 0.15) is 6.10 Å². The molecule has 0 radical (unpaired) electrons. The lowest BCUT2D eigenvalue weighted by atomic mass is 10.3. The first-order chi connectivity index (χ1) is 6.04. The van der Waals surface area contributed by atoms with Crippen molar-refractivity contribution in [2.75, 3.05) is 13.2 Å². The first-order valence-electron chi connectivity index (χ1n) is 4.68. The average Bonchev–Trinajstić information content (AvgIpc) is 2.02. The second-order valence-corrected chi connectivity index (χ2v) is 3.38. The van der Waals surface area contributed by atoms with Crippen LogP contribution in [0, 0.1) is 0 Å². The van der Waals surface area contributed by atoms with E-state index in [1.807, 2.05) is 0 Å². The molecule has 0 aromatic rings. The number of ether oxygens (including phenoxy) is 1. The molecule has 1 amide bonds. The maximum atomic E-state index is 10.6. The number of nitrogens with two attached hydrogens (primary N) is 1. The Kier molecular flexibility index (Phi) is 6.54. The molecule has 78 valence electrons. The van der Waals surface area contributed by atoms with Gasteiger partial charge in [-0.25, -0.2) is 0 Å². The number of carbonyl (C=O) groups excluding carboxylic acids is 1. The number of primary amides is 1. The third-order valence-corrected chi connectivity index (χ3v) is 1.64. The summed E-state index contributed by atoms with van der Waals surface area (Å²) in [6.07, 6.45) is 0.426. The van der Waals surface area contributed by atoms with Crippen molar-refractivity contribution in [3.63, 3.8) is 0 Å². The fourth-order valence-electron chi connectivity index (χ4n) is 0.805. The smallest absolute Gasteiger partial charge is 0.246 e. The summed E-state index contributed by atoms with van der Waals surface area (Å²) < 4.78 is 5.17. The first kappa shape index (κ1) is 12.4. The van der Waals surface area contributed by atoms with Gasteiger partial charge in [0.05, 0.1) is 0 Å². The molecule has 0 aliphatic rings. The number of hydrogen-bond donors (Lipinski definition) is 2. The number of carbonyl (C=O) groups is 1. The van der Waals surface area contributed by atoms with Gasteiger partial charge in [0, 0.05) is 12.6 Å². The molecule has 4 heteroatoms. The third-order valence-electron chi connectivity index (χ3n) is 1.64. The van der Waals surface area contributed by atoms with Gasteiger partial charge in [-0.3, -0.25) is 4.79 Å². The lowest BCUT2D eigenvalue weighted by Gasteiger charge is -2.10. The van der Waals surface area contributed by atoms with E-state index in [1.54, 1.807) is 6.92 Å². The van der Waals surface area contributed by atoms with E-state index in [4.69, 9.17) is 10.5 Å². The van der Waals surface area contributed by atoms with Crippen LogP contribution in [0.1, 0.15) is 27.2 Å². The molecule has 13 heavy (non-hydrogen) atoms.